The van der Waals surface area contributed by atoms with Gasteiger partial charge in [-0.15, -0.1) is 0 Å². The fraction of sp³-hybridized carbons (Fsp3) is 0.500. The number of nitrogens with one attached hydrogen (secondary N) is 1. The molecule has 106 valence electrons. The van der Waals surface area contributed by atoms with Crippen molar-refractivity contribution in [3.8, 4) is 0 Å². The first-order valence-electron chi connectivity index (χ1n) is 6.03. The van der Waals surface area contributed by atoms with Gasteiger partial charge < -0.3 is 5.73 Å². The molecule has 1 aromatic carbocycles. The second-order valence-electron chi connectivity index (χ2n) is 4.91. The van der Waals surface area contributed by atoms with Gasteiger partial charge in [-0.25, -0.2) is 17.5 Å². The summed E-state index contributed by atoms with van der Waals surface area (Å²) in [6.07, 6.45) is 1.01. The molecule has 1 fully saturated rings. The average Bonchev–Trinajstić information content (AvgIpc) is 3.05. The summed E-state index contributed by atoms with van der Waals surface area (Å²) in [6, 6.07) is 2.74. The number of hydrogen-bond acceptors (Lipinski definition) is 3. The van der Waals surface area contributed by atoms with Crippen LogP contribution in [0.1, 0.15) is 18.9 Å². The Balaban J connectivity index is 2.26. The van der Waals surface area contributed by atoms with Crippen LogP contribution in [0.2, 0.25) is 0 Å². The molecular weight excluding hydrogens is 335 g/mol. The van der Waals surface area contributed by atoms with Crippen molar-refractivity contribution in [1.82, 2.24) is 4.72 Å². The maximum Gasteiger partial charge on any atom is 0.243 e. The number of nitrogens with two attached hydrogens (primary N) is 1. The lowest BCUT2D eigenvalue weighted by molar-refractivity contribution is 0.546. The van der Waals surface area contributed by atoms with Gasteiger partial charge in [-0.2, -0.15) is 0 Å². The zero-order chi connectivity index (χ0) is 14.2. The van der Waals surface area contributed by atoms with Crippen LogP contribution in [0.15, 0.2) is 21.5 Å². The molecule has 0 aliphatic heterocycles. The largest absolute Gasteiger partial charge is 0.326 e. The van der Waals surface area contributed by atoms with Gasteiger partial charge in [-0.3, -0.25) is 0 Å². The third kappa shape index (κ3) is 3.34. The molecule has 0 saturated heterocycles. The van der Waals surface area contributed by atoms with Crippen molar-refractivity contribution in [2.24, 2.45) is 17.6 Å². The van der Waals surface area contributed by atoms with Crippen LogP contribution in [0.25, 0.3) is 0 Å². The molecule has 0 heterocycles. The number of hydrogen-bond donors (Lipinski definition) is 2. The third-order valence-corrected chi connectivity index (χ3v) is 5.28. The maximum atomic E-state index is 14.0. The van der Waals surface area contributed by atoms with Gasteiger partial charge in [0.2, 0.25) is 10.0 Å². The van der Waals surface area contributed by atoms with Crippen LogP contribution in [0.4, 0.5) is 4.39 Å². The molecule has 2 atom stereocenters. The Morgan fingerprint density at radius 3 is 2.68 bits per heavy atom. The second-order valence-corrected chi connectivity index (χ2v) is 7.56. The molecule has 1 aromatic rings. The lowest BCUT2D eigenvalue weighted by Crippen LogP contribution is -2.27. The van der Waals surface area contributed by atoms with Crippen LogP contribution < -0.4 is 10.5 Å². The molecule has 7 heteroatoms. The minimum atomic E-state index is -3.84. The normalized spacial score (nSPS) is 22.5. The van der Waals surface area contributed by atoms with E-state index in [1.165, 1.54) is 12.1 Å². The minimum Gasteiger partial charge on any atom is -0.326 e. The molecule has 0 aromatic heterocycles. The highest BCUT2D eigenvalue weighted by Gasteiger charge is 2.34. The van der Waals surface area contributed by atoms with E-state index in [0.29, 0.717) is 22.9 Å². The highest BCUT2D eigenvalue weighted by Crippen LogP contribution is 2.37. The van der Waals surface area contributed by atoms with Crippen LogP contribution >= 0.6 is 15.9 Å². The van der Waals surface area contributed by atoms with Gasteiger partial charge in [-0.05, 0) is 30.4 Å². The molecule has 4 nitrogen and oxygen atoms in total. The maximum absolute atomic E-state index is 14.0. The SMILES string of the molecule is CC1CC1CNS(=O)(=O)c1cc(Br)cc(CN)c1F. The summed E-state index contributed by atoms with van der Waals surface area (Å²) in [5.74, 6) is 0.121. The molecule has 19 heavy (non-hydrogen) atoms. The topological polar surface area (TPSA) is 72.2 Å². The van der Waals surface area contributed by atoms with Crippen LogP contribution in [-0.2, 0) is 16.6 Å². The Morgan fingerprint density at radius 1 is 1.53 bits per heavy atom. The van der Waals surface area contributed by atoms with E-state index < -0.39 is 15.8 Å². The van der Waals surface area contributed by atoms with E-state index in [1.807, 2.05) is 0 Å². The van der Waals surface area contributed by atoms with E-state index in [9.17, 15) is 12.8 Å². The van der Waals surface area contributed by atoms with Gasteiger partial charge in [0.15, 0.2) is 0 Å². The lowest BCUT2D eigenvalue weighted by atomic mass is 10.2. The van der Waals surface area contributed by atoms with Crippen molar-refractivity contribution >= 4 is 26.0 Å². The molecule has 0 spiro atoms. The van der Waals surface area contributed by atoms with E-state index >= 15 is 0 Å². The van der Waals surface area contributed by atoms with E-state index in [2.05, 4.69) is 27.6 Å². The summed E-state index contributed by atoms with van der Waals surface area (Å²) in [7, 11) is -3.84. The van der Waals surface area contributed by atoms with Crippen molar-refractivity contribution < 1.29 is 12.8 Å². The Bertz CT molecular complexity index is 592. The molecule has 2 unspecified atom stereocenters. The van der Waals surface area contributed by atoms with Gasteiger partial charge in [0.05, 0.1) is 0 Å². The van der Waals surface area contributed by atoms with E-state index in [1.54, 1.807) is 0 Å². The first-order valence-corrected chi connectivity index (χ1v) is 8.30. The first kappa shape index (κ1) is 14.9. The summed E-state index contributed by atoms with van der Waals surface area (Å²) < 4.78 is 41.2. The predicted octanol–water partition coefficient (Wildman–Crippen LogP) is 1.98. The Kier molecular flexibility index (Phi) is 4.29. The average molecular weight is 351 g/mol. The van der Waals surface area contributed by atoms with Crippen LogP contribution in [0, 0.1) is 17.7 Å². The summed E-state index contributed by atoms with van der Waals surface area (Å²) in [5, 5.41) is 0. The molecule has 0 amide bonds. The van der Waals surface area contributed by atoms with Crippen molar-refractivity contribution in [1.29, 1.82) is 0 Å². The Hall–Kier alpha value is -0.500. The molecule has 3 N–H and O–H groups in total. The van der Waals surface area contributed by atoms with E-state index in [0.717, 1.165) is 6.42 Å². The van der Waals surface area contributed by atoms with Crippen molar-refractivity contribution in [3.05, 3.63) is 28.0 Å². The molecular formula is C12H16BrFN2O2S. The monoisotopic (exact) mass is 350 g/mol. The summed E-state index contributed by atoms with van der Waals surface area (Å²) in [5.41, 5.74) is 5.58. The first-order chi connectivity index (χ1) is 8.85. The van der Waals surface area contributed by atoms with Crippen molar-refractivity contribution in [2.45, 2.75) is 24.8 Å². The molecule has 0 radical (unpaired) electrons. The van der Waals surface area contributed by atoms with Crippen molar-refractivity contribution in [2.75, 3.05) is 6.54 Å². The number of benzene rings is 1. The molecule has 0 bridgehead atoms. The second kappa shape index (κ2) is 5.47. The van der Waals surface area contributed by atoms with Gasteiger partial charge in [0.25, 0.3) is 0 Å². The van der Waals surface area contributed by atoms with Crippen molar-refractivity contribution in [3.63, 3.8) is 0 Å². The third-order valence-electron chi connectivity index (χ3n) is 3.40. The fourth-order valence-corrected chi connectivity index (χ4v) is 3.84. The van der Waals surface area contributed by atoms with Crippen LogP contribution in [0.3, 0.4) is 0 Å². The lowest BCUT2D eigenvalue weighted by Gasteiger charge is -2.10. The summed E-state index contributed by atoms with van der Waals surface area (Å²) >= 11 is 3.17. The molecule has 2 rings (SSSR count). The summed E-state index contributed by atoms with van der Waals surface area (Å²) in [4.78, 5) is -0.351. The zero-order valence-electron chi connectivity index (χ0n) is 10.5. The highest BCUT2D eigenvalue weighted by atomic mass is 79.9. The smallest absolute Gasteiger partial charge is 0.243 e. The molecule has 1 aliphatic carbocycles. The van der Waals surface area contributed by atoms with E-state index in [-0.39, 0.29) is 17.0 Å². The van der Waals surface area contributed by atoms with Gasteiger partial charge in [-0.1, -0.05) is 22.9 Å². The predicted molar refractivity (Wildman–Crippen MR) is 74.5 cm³/mol. The number of rotatable bonds is 5. The highest BCUT2D eigenvalue weighted by molar-refractivity contribution is 9.10. The Labute approximate surface area is 120 Å². The van der Waals surface area contributed by atoms with Gasteiger partial charge in [0, 0.05) is 23.1 Å². The summed E-state index contributed by atoms with van der Waals surface area (Å²) in [6.45, 7) is 2.37. The quantitative estimate of drug-likeness (QED) is 0.852. The molecule has 1 aliphatic rings. The number of halogens is 2. The molecule has 1 saturated carbocycles. The minimum absolute atomic E-state index is 0.0482. The van der Waals surface area contributed by atoms with Gasteiger partial charge >= 0.3 is 0 Å². The fourth-order valence-electron chi connectivity index (χ4n) is 1.94. The van der Waals surface area contributed by atoms with Crippen LogP contribution in [-0.4, -0.2) is 15.0 Å². The van der Waals surface area contributed by atoms with Crippen LogP contribution in [0.5, 0.6) is 0 Å². The standard InChI is InChI=1S/C12H16BrFN2O2S/c1-7-2-9(7)6-16-19(17,18)11-4-10(13)3-8(5-15)12(11)14/h3-4,7,9,16H,2,5-6,15H2,1H3. The Morgan fingerprint density at radius 2 is 2.16 bits per heavy atom. The zero-order valence-corrected chi connectivity index (χ0v) is 12.9. The van der Waals surface area contributed by atoms with E-state index in [4.69, 9.17) is 5.73 Å². The van der Waals surface area contributed by atoms with Gasteiger partial charge in [0.1, 0.15) is 10.7 Å². The number of sulfonamides is 1.